The van der Waals surface area contributed by atoms with Crippen LogP contribution in [0, 0.1) is 6.92 Å². The lowest BCUT2D eigenvalue weighted by atomic mass is 10.2. The maximum atomic E-state index is 10.7. The molecular formula is C12H18N2O4S. The van der Waals surface area contributed by atoms with Crippen LogP contribution in [0.5, 0.6) is 0 Å². The lowest BCUT2D eigenvalue weighted by Gasteiger charge is -2.05. The van der Waals surface area contributed by atoms with Crippen LogP contribution in [0.1, 0.15) is 12.0 Å². The molecule has 0 spiro atoms. The van der Waals surface area contributed by atoms with Gasteiger partial charge >= 0.3 is 0 Å². The Bertz CT molecular complexity index is 527. The van der Waals surface area contributed by atoms with Gasteiger partial charge in [0, 0.05) is 13.6 Å². The highest BCUT2D eigenvalue weighted by Crippen LogP contribution is 2.08. The normalized spacial score (nSPS) is 19.1. The molecular weight excluding hydrogens is 268 g/mol. The average molecular weight is 286 g/mol. The van der Waals surface area contributed by atoms with Crippen molar-refractivity contribution in [2.75, 3.05) is 13.6 Å². The maximum absolute atomic E-state index is 10.7. The van der Waals surface area contributed by atoms with Crippen molar-refractivity contribution in [1.29, 1.82) is 0 Å². The first-order valence-corrected chi connectivity index (χ1v) is 7.20. The van der Waals surface area contributed by atoms with Gasteiger partial charge < -0.3 is 10.6 Å². The molecule has 19 heavy (non-hydrogen) atoms. The number of carbonyl (C=O) groups is 1. The molecule has 1 aliphatic rings. The number of aryl methyl sites for hydroxylation is 1. The third-order valence-electron chi connectivity index (χ3n) is 2.79. The number of hydrogen-bond donors (Lipinski definition) is 2. The molecule has 1 atom stereocenters. The zero-order valence-electron chi connectivity index (χ0n) is 10.9. The Morgan fingerprint density at radius 3 is 2.11 bits per heavy atom. The Kier molecular flexibility index (Phi) is 5.04. The molecule has 0 radical (unpaired) electrons. The minimum atomic E-state index is -4.02. The van der Waals surface area contributed by atoms with E-state index in [0.29, 0.717) is 0 Å². The highest BCUT2D eigenvalue weighted by atomic mass is 32.2. The smallest absolute Gasteiger partial charge is 0.294 e. The van der Waals surface area contributed by atoms with E-state index in [4.69, 9.17) is 10.3 Å². The van der Waals surface area contributed by atoms with Crippen molar-refractivity contribution in [2.24, 2.45) is 5.73 Å². The Labute approximate surface area is 113 Å². The minimum Gasteiger partial charge on any atom is -0.344 e. The van der Waals surface area contributed by atoms with Gasteiger partial charge in [0.25, 0.3) is 10.1 Å². The molecule has 0 bridgehead atoms. The van der Waals surface area contributed by atoms with Gasteiger partial charge in [0.2, 0.25) is 5.91 Å². The van der Waals surface area contributed by atoms with Crippen LogP contribution in [0.2, 0.25) is 0 Å². The molecule has 3 N–H and O–H groups in total. The molecule has 1 saturated heterocycles. The zero-order valence-corrected chi connectivity index (χ0v) is 11.7. The fourth-order valence-electron chi connectivity index (χ4n) is 1.56. The second kappa shape index (κ2) is 6.14. The van der Waals surface area contributed by atoms with E-state index in [9.17, 15) is 13.2 Å². The summed E-state index contributed by atoms with van der Waals surface area (Å²) in [6, 6.07) is 5.77. The van der Waals surface area contributed by atoms with Gasteiger partial charge in [0.15, 0.2) is 0 Å². The van der Waals surface area contributed by atoms with Crippen molar-refractivity contribution in [3.63, 3.8) is 0 Å². The van der Waals surface area contributed by atoms with Crippen LogP contribution in [0.4, 0.5) is 0 Å². The van der Waals surface area contributed by atoms with Crippen molar-refractivity contribution in [3.8, 4) is 0 Å². The first kappa shape index (κ1) is 15.6. The van der Waals surface area contributed by atoms with Gasteiger partial charge in [0.1, 0.15) is 0 Å². The second-order valence-corrected chi connectivity index (χ2v) is 5.86. The zero-order chi connectivity index (χ0) is 14.6. The van der Waals surface area contributed by atoms with Crippen molar-refractivity contribution < 1.29 is 17.8 Å². The Hall–Kier alpha value is -1.44. The summed E-state index contributed by atoms with van der Waals surface area (Å²) in [5.74, 6) is 0.0741. The quantitative estimate of drug-likeness (QED) is 0.729. The number of nitrogens with zero attached hydrogens (tertiary/aromatic N) is 1. The summed E-state index contributed by atoms with van der Waals surface area (Å²) in [7, 11) is -2.25. The third-order valence-corrected chi connectivity index (χ3v) is 3.66. The topological polar surface area (TPSA) is 101 Å². The van der Waals surface area contributed by atoms with Crippen LogP contribution in [0.15, 0.2) is 29.2 Å². The van der Waals surface area contributed by atoms with Crippen molar-refractivity contribution in [2.45, 2.75) is 24.3 Å². The molecule has 1 unspecified atom stereocenters. The summed E-state index contributed by atoms with van der Waals surface area (Å²) in [4.78, 5) is 12.3. The first-order chi connectivity index (χ1) is 8.71. The van der Waals surface area contributed by atoms with E-state index in [1.54, 1.807) is 24.1 Å². The standard InChI is InChI=1S/C7H8O3S.C5H10N2O/c1-6-2-4-7(5-3-6)11(8,9)10;1-7-3-2-4(6)5(7)8/h2-5H,1H3,(H,8,9,10);4H,2-3,6H2,1H3. The van der Waals surface area contributed by atoms with Gasteiger partial charge in [-0.3, -0.25) is 9.35 Å². The van der Waals surface area contributed by atoms with Crippen molar-refractivity contribution >= 4 is 16.0 Å². The molecule has 7 heteroatoms. The number of hydrogen-bond acceptors (Lipinski definition) is 4. The molecule has 1 aromatic rings. The molecule has 1 aromatic carbocycles. The molecule has 106 valence electrons. The van der Waals surface area contributed by atoms with E-state index in [1.165, 1.54) is 12.1 Å². The molecule has 1 fully saturated rings. The van der Waals surface area contributed by atoms with E-state index >= 15 is 0 Å². The van der Waals surface area contributed by atoms with Crippen LogP contribution < -0.4 is 5.73 Å². The molecule has 0 aromatic heterocycles. The summed E-state index contributed by atoms with van der Waals surface area (Å²) in [6.07, 6.45) is 0.815. The third kappa shape index (κ3) is 4.62. The first-order valence-electron chi connectivity index (χ1n) is 5.76. The largest absolute Gasteiger partial charge is 0.344 e. The number of carbonyl (C=O) groups excluding carboxylic acids is 1. The molecule has 6 nitrogen and oxygen atoms in total. The molecule has 1 amide bonds. The van der Waals surface area contributed by atoms with E-state index < -0.39 is 10.1 Å². The fourth-order valence-corrected chi connectivity index (χ4v) is 2.04. The SMILES string of the molecule is CN1CCC(N)C1=O.Cc1ccc(S(=O)(=O)O)cc1. The summed E-state index contributed by atoms with van der Waals surface area (Å²) in [5.41, 5.74) is 6.33. The summed E-state index contributed by atoms with van der Waals surface area (Å²) in [6.45, 7) is 2.66. The van der Waals surface area contributed by atoms with Gasteiger partial charge in [0.05, 0.1) is 10.9 Å². The number of likely N-dealkylation sites (tertiary alicyclic amines) is 1. The van der Waals surface area contributed by atoms with Crippen LogP contribution >= 0.6 is 0 Å². The lowest BCUT2D eigenvalue weighted by molar-refractivity contribution is -0.127. The van der Waals surface area contributed by atoms with Gasteiger partial charge in [-0.1, -0.05) is 17.7 Å². The van der Waals surface area contributed by atoms with Crippen molar-refractivity contribution in [3.05, 3.63) is 29.8 Å². The predicted molar refractivity (Wildman–Crippen MR) is 71.2 cm³/mol. The van der Waals surface area contributed by atoms with Crippen molar-refractivity contribution in [1.82, 2.24) is 4.90 Å². The van der Waals surface area contributed by atoms with Gasteiger partial charge in [-0.15, -0.1) is 0 Å². The van der Waals surface area contributed by atoms with Crippen LogP contribution in [-0.2, 0) is 14.9 Å². The van der Waals surface area contributed by atoms with Crippen LogP contribution in [-0.4, -0.2) is 43.4 Å². The average Bonchev–Trinajstić information content (AvgIpc) is 2.61. The van der Waals surface area contributed by atoms with Crippen LogP contribution in [0.25, 0.3) is 0 Å². The monoisotopic (exact) mass is 286 g/mol. The predicted octanol–water partition coefficient (Wildman–Crippen LogP) is 0.418. The summed E-state index contributed by atoms with van der Waals surface area (Å²) in [5, 5.41) is 0. The Balaban J connectivity index is 0.000000200. The van der Waals surface area contributed by atoms with Gasteiger partial charge in [-0.05, 0) is 25.5 Å². The minimum absolute atomic E-state index is 0.0666. The van der Waals surface area contributed by atoms with E-state index in [-0.39, 0.29) is 16.8 Å². The van der Waals surface area contributed by atoms with E-state index in [1.807, 2.05) is 6.92 Å². The van der Waals surface area contributed by atoms with E-state index in [0.717, 1.165) is 18.5 Å². The second-order valence-electron chi connectivity index (χ2n) is 4.44. The van der Waals surface area contributed by atoms with E-state index in [2.05, 4.69) is 0 Å². The lowest BCUT2D eigenvalue weighted by Crippen LogP contribution is -2.31. The molecule has 2 rings (SSSR count). The fraction of sp³-hybridized carbons (Fsp3) is 0.417. The highest BCUT2D eigenvalue weighted by molar-refractivity contribution is 7.85. The molecule has 1 aliphatic heterocycles. The Morgan fingerprint density at radius 2 is 1.84 bits per heavy atom. The maximum Gasteiger partial charge on any atom is 0.294 e. The molecule has 0 aliphatic carbocycles. The highest BCUT2D eigenvalue weighted by Gasteiger charge is 2.24. The molecule has 0 saturated carbocycles. The number of likely N-dealkylation sites (N-methyl/N-ethyl adjacent to an activating group) is 1. The number of benzene rings is 1. The molecule has 1 heterocycles. The van der Waals surface area contributed by atoms with Gasteiger partial charge in [-0.25, -0.2) is 0 Å². The summed E-state index contributed by atoms with van der Waals surface area (Å²) >= 11 is 0. The number of nitrogens with two attached hydrogens (primary N) is 1. The van der Waals surface area contributed by atoms with Crippen LogP contribution in [0.3, 0.4) is 0 Å². The number of rotatable bonds is 1. The number of amides is 1. The van der Waals surface area contributed by atoms with Gasteiger partial charge in [-0.2, -0.15) is 8.42 Å². The summed E-state index contributed by atoms with van der Waals surface area (Å²) < 4.78 is 29.6. The Morgan fingerprint density at radius 1 is 1.32 bits per heavy atom.